The molecule has 5 nitrogen and oxygen atoms in total. The lowest BCUT2D eigenvalue weighted by atomic mass is 9.79. The first-order chi connectivity index (χ1) is 10.2. The van der Waals surface area contributed by atoms with Crippen LogP contribution in [0.1, 0.15) is 12.8 Å². The van der Waals surface area contributed by atoms with Crippen molar-refractivity contribution in [3.8, 4) is 5.75 Å². The Morgan fingerprint density at radius 2 is 2.00 bits per heavy atom. The van der Waals surface area contributed by atoms with Gasteiger partial charge >= 0.3 is 0 Å². The molecule has 2 rings (SSSR count). The highest BCUT2D eigenvalue weighted by molar-refractivity contribution is 6.30. The molecule has 21 heavy (non-hydrogen) atoms. The van der Waals surface area contributed by atoms with Gasteiger partial charge < -0.3 is 20.5 Å². The summed E-state index contributed by atoms with van der Waals surface area (Å²) in [6.45, 7) is 2.38. The van der Waals surface area contributed by atoms with E-state index >= 15 is 0 Å². The lowest BCUT2D eigenvalue weighted by molar-refractivity contribution is -0.136. The molecule has 1 fully saturated rings. The predicted molar refractivity (Wildman–Crippen MR) is 81.5 cm³/mol. The van der Waals surface area contributed by atoms with Gasteiger partial charge in [-0.25, -0.2) is 0 Å². The van der Waals surface area contributed by atoms with Crippen molar-refractivity contribution in [3.63, 3.8) is 0 Å². The van der Waals surface area contributed by atoms with Gasteiger partial charge in [0.15, 0.2) is 0 Å². The van der Waals surface area contributed by atoms with Crippen molar-refractivity contribution in [3.05, 3.63) is 29.3 Å². The average molecular weight is 313 g/mol. The summed E-state index contributed by atoms with van der Waals surface area (Å²) in [4.78, 5) is 12.3. The van der Waals surface area contributed by atoms with E-state index in [1.807, 2.05) is 0 Å². The van der Waals surface area contributed by atoms with E-state index < -0.39 is 5.41 Å². The minimum Gasteiger partial charge on any atom is -0.492 e. The molecule has 1 saturated heterocycles. The molecule has 0 saturated carbocycles. The van der Waals surface area contributed by atoms with E-state index in [4.69, 9.17) is 26.8 Å². The summed E-state index contributed by atoms with van der Waals surface area (Å²) < 4.78 is 10.8. The van der Waals surface area contributed by atoms with Crippen LogP contribution in [0.25, 0.3) is 0 Å². The number of ether oxygens (including phenoxy) is 2. The van der Waals surface area contributed by atoms with Crippen molar-refractivity contribution in [1.29, 1.82) is 0 Å². The van der Waals surface area contributed by atoms with E-state index in [2.05, 4.69) is 5.32 Å². The van der Waals surface area contributed by atoms with Crippen LogP contribution >= 0.6 is 11.6 Å². The number of carbonyl (C=O) groups excluding carboxylic acids is 1. The highest BCUT2D eigenvalue weighted by Crippen LogP contribution is 2.29. The second kappa shape index (κ2) is 7.64. The first-order valence-electron chi connectivity index (χ1n) is 7.11. The zero-order chi connectivity index (χ0) is 15.1. The Labute approximate surface area is 129 Å². The third-order valence-electron chi connectivity index (χ3n) is 3.79. The summed E-state index contributed by atoms with van der Waals surface area (Å²) in [5.41, 5.74) is 5.30. The van der Waals surface area contributed by atoms with Crippen LogP contribution in [0.15, 0.2) is 24.3 Å². The number of nitrogens with two attached hydrogens (primary N) is 1. The summed E-state index contributed by atoms with van der Waals surface area (Å²) in [5.74, 6) is 0.723. The van der Waals surface area contributed by atoms with Gasteiger partial charge in [0.05, 0.1) is 12.0 Å². The van der Waals surface area contributed by atoms with Crippen molar-refractivity contribution < 1.29 is 14.3 Å². The van der Waals surface area contributed by atoms with Crippen LogP contribution in [-0.2, 0) is 9.53 Å². The van der Waals surface area contributed by atoms with Crippen LogP contribution in [0.4, 0.5) is 0 Å². The van der Waals surface area contributed by atoms with Crippen LogP contribution < -0.4 is 15.8 Å². The highest BCUT2D eigenvalue weighted by Gasteiger charge is 2.38. The Morgan fingerprint density at radius 1 is 1.33 bits per heavy atom. The molecule has 0 atom stereocenters. The van der Waals surface area contributed by atoms with Gasteiger partial charge in [0.25, 0.3) is 0 Å². The standard InChI is InChI=1S/C15H21ClN2O3/c16-12-1-3-13(4-2-12)21-10-7-18-14(19)15(11-17)5-8-20-9-6-15/h1-4H,5-11,17H2,(H,18,19). The topological polar surface area (TPSA) is 73.6 Å². The van der Waals surface area contributed by atoms with E-state index in [1.165, 1.54) is 0 Å². The minimum absolute atomic E-state index is 0.00648. The summed E-state index contributed by atoms with van der Waals surface area (Å²) >= 11 is 5.80. The van der Waals surface area contributed by atoms with Crippen LogP contribution in [0.5, 0.6) is 5.75 Å². The zero-order valence-corrected chi connectivity index (χ0v) is 12.7. The molecule has 0 aliphatic carbocycles. The number of carbonyl (C=O) groups is 1. The fourth-order valence-corrected chi connectivity index (χ4v) is 2.46. The maximum atomic E-state index is 12.3. The largest absolute Gasteiger partial charge is 0.492 e. The smallest absolute Gasteiger partial charge is 0.227 e. The minimum atomic E-state index is -0.488. The Kier molecular flexibility index (Phi) is 5.85. The molecule has 6 heteroatoms. The monoisotopic (exact) mass is 312 g/mol. The van der Waals surface area contributed by atoms with E-state index in [1.54, 1.807) is 24.3 Å². The lowest BCUT2D eigenvalue weighted by Crippen LogP contribution is -2.49. The first-order valence-corrected chi connectivity index (χ1v) is 7.49. The van der Waals surface area contributed by atoms with Crippen LogP contribution in [0.3, 0.4) is 0 Å². The second-order valence-corrected chi connectivity index (χ2v) is 5.59. The highest BCUT2D eigenvalue weighted by atomic mass is 35.5. The molecular weight excluding hydrogens is 292 g/mol. The molecular formula is C15H21ClN2O3. The Balaban J connectivity index is 1.74. The molecule has 0 aromatic heterocycles. The Hall–Kier alpha value is -1.30. The van der Waals surface area contributed by atoms with Gasteiger partial charge in [0.1, 0.15) is 12.4 Å². The van der Waals surface area contributed by atoms with Crippen LogP contribution in [0.2, 0.25) is 5.02 Å². The van der Waals surface area contributed by atoms with Crippen molar-refractivity contribution in [1.82, 2.24) is 5.32 Å². The van der Waals surface area contributed by atoms with Gasteiger partial charge in [-0.1, -0.05) is 11.6 Å². The van der Waals surface area contributed by atoms with E-state index in [-0.39, 0.29) is 5.91 Å². The molecule has 1 aromatic rings. The third-order valence-corrected chi connectivity index (χ3v) is 4.04. The summed E-state index contributed by atoms with van der Waals surface area (Å²) in [7, 11) is 0. The summed E-state index contributed by atoms with van der Waals surface area (Å²) in [5, 5.41) is 3.57. The molecule has 1 aliphatic heterocycles. The van der Waals surface area contributed by atoms with E-state index in [9.17, 15) is 4.79 Å². The number of rotatable bonds is 6. The number of hydrogen-bond donors (Lipinski definition) is 2. The molecule has 0 unspecified atom stereocenters. The number of amides is 1. The first kappa shape index (κ1) is 16.1. The average Bonchev–Trinajstić information content (AvgIpc) is 2.53. The molecule has 1 amide bonds. The fourth-order valence-electron chi connectivity index (χ4n) is 2.34. The van der Waals surface area contributed by atoms with Crippen molar-refractivity contribution in [2.45, 2.75) is 12.8 Å². The molecule has 3 N–H and O–H groups in total. The fraction of sp³-hybridized carbons (Fsp3) is 0.533. The third kappa shape index (κ3) is 4.33. The lowest BCUT2D eigenvalue weighted by Gasteiger charge is -2.34. The predicted octanol–water partition coefficient (Wildman–Crippen LogP) is 1.59. The number of hydrogen-bond acceptors (Lipinski definition) is 4. The molecule has 1 heterocycles. The van der Waals surface area contributed by atoms with Gasteiger partial charge in [0, 0.05) is 24.8 Å². The Bertz CT molecular complexity index is 458. The second-order valence-electron chi connectivity index (χ2n) is 5.16. The molecule has 0 radical (unpaired) electrons. The van der Waals surface area contributed by atoms with Crippen LogP contribution in [0, 0.1) is 5.41 Å². The SMILES string of the molecule is NCC1(C(=O)NCCOc2ccc(Cl)cc2)CCOCC1. The maximum absolute atomic E-state index is 12.3. The molecule has 0 bridgehead atoms. The Morgan fingerprint density at radius 3 is 2.62 bits per heavy atom. The molecule has 0 spiro atoms. The normalized spacial score (nSPS) is 17.2. The van der Waals surface area contributed by atoms with Crippen molar-refractivity contribution in [2.75, 3.05) is 32.9 Å². The number of nitrogens with one attached hydrogen (secondary N) is 1. The molecule has 1 aromatic carbocycles. The van der Waals surface area contributed by atoms with Gasteiger partial charge in [-0.3, -0.25) is 4.79 Å². The van der Waals surface area contributed by atoms with E-state index in [0.29, 0.717) is 50.8 Å². The number of halogens is 1. The van der Waals surface area contributed by atoms with Gasteiger partial charge in [-0.15, -0.1) is 0 Å². The maximum Gasteiger partial charge on any atom is 0.227 e. The zero-order valence-electron chi connectivity index (χ0n) is 11.9. The van der Waals surface area contributed by atoms with Gasteiger partial charge in [-0.05, 0) is 37.1 Å². The van der Waals surface area contributed by atoms with Crippen LogP contribution in [-0.4, -0.2) is 38.8 Å². The summed E-state index contributed by atoms with van der Waals surface area (Å²) in [6, 6.07) is 7.12. The number of benzene rings is 1. The van der Waals surface area contributed by atoms with Crippen molar-refractivity contribution in [2.24, 2.45) is 11.1 Å². The van der Waals surface area contributed by atoms with Gasteiger partial charge in [-0.2, -0.15) is 0 Å². The van der Waals surface area contributed by atoms with Crippen molar-refractivity contribution >= 4 is 17.5 Å². The van der Waals surface area contributed by atoms with E-state index in [0.717, 1.165) is 5.75 Å². The summed E-state index contributed by atoms with van der Waals surface area (Å²) in [6.07, 6.45) is 1.35. The quantitative estimate of drug-likeness (QED) is 0.782. The molecule has 1 aliphatic rings. The van der Waals surface area contributed by atoms with Gasteiger partial charge in [0.2, 0.25) is 5.91 Å². The molecule has 116 valence electrons.